The maximum atomic E-state index is 11.7. The molecule has 4 N–H and O–H groups in total. The van der Waals surface area contributed by atoms with Gasteiger partial charge in [-0.05, 0) is 18.6 Å². The molecule has 0 heterocycles. The summed E-state index contributed by atoms with van der Waals surface area (Å²) in [5, 5.41) is 5.52. The lowest BCUT2D eigenvalue weighted by molar-refractivity contribution is 0.248. The van der Waals surface area contributed by atoms with Gasteiger partial charge in [0.25, 0.3) is 0 Å². The molecule has 2 amide bonds. The van der Waals surface area contributed by atoms with Crippen LogP contribution >= 0.6 is 0 Å². The van der Waals surface area contributed by atoms with Crippen LogP contribution in [-0.4, -0.2) is 25.7 Å². The minimum Gasteiger partial charge on any atom is -0.495 e. The van der Waals surface area contributed by atoms with Gasteiger partial charge in [0.2, 0.25) is 0 Å². The van der Waals surface area contributed by atoms with Crippen LogP contribution in [0.1, 0.15) is 13.3 Å². The van der Waals surface area contributed by atoms with Crippen molar-refractivity contribution in [2.75, 3.05) is 19.0 Å². The number of urea groups is 1. The van der Waals surface area contributed by atoms with E-state index >= 15 is 0 Å². The number of methoxy groups -OCH3 is 1. The number of anilines is 1. The van der Waals surface area contributed by atoms with E-state index in [4.69, 9.17) is 10.5 Å². The normalized spacial score (nSPS) is 11.7. The third kappa shape index (κ3) is 3.96. The van der Waals surface area contributed by atoms with Crippen molar-refractivity contribution in [1.82, 2.24) is 5.32 Å². The zero-order valence-corrected chi connectivity index (χ0v) is 10.2. The number of nitrogens with one attached hydrogen (secondary N) is 2. The highest BCUT2D eigenvalue weighted by molar-refractivity contribution is 5.91. The molecule has 1 atom stereocenters. The topological polar surface area (TPSA) is 76.4 Å². The van der Waals surface area contributed by atoms with Gasteiger partial charge in [0.15, 0.2) is 0 Å². The van der Waals surface area contributed by atoms with E-state index in [9.17, 15) is 4.79 Å². The van der Waals surface area contributed by atoms with Gasteiger partial charge in [-0.3, -0.25) is 0 Å². The van der Waals surface area contributed by atoms with Crippen molar-refractivity contribution in [2.24, 2.45) is 5.73 Å². The minimum absolute atomic E-state index is 0.00953. The molecule has 1 aromatic carbocycles. The van der Waals surface area contributed by atoms with Crippen LogP contribution in [0.5, 0.6) is 5.75 Å². The maximum Gasteiger partial charge on any atom is 0.319 e. The van der Waals surface area contributed by atoms with Crippen molar-refractivity contribution in [3.05, 3.63) is 24.3 Å². The molecule has 1 rings (SSSR count). The summed E-state index contributed by atoms with van der Waals surface area (Å²) in [6, 6.07) is 6.96. The Bertz CT molecular complexity index is 365. The highest BCUT2D eigenvalue weighted by Gasteiger charge is 2.10. The number of hydrogen-bond donors (Lipinski definition) is 3. The predicted octanol–water partition coefficient (Wildman–Crippen LogP) is 1.55. The van der Waals surface area contributed by atoms with Crippen LogP contribution in [0.25, 0.3) is 0 Å². The maximum absolute atomic E-state index is 11.7. The Kier molecular flexibility index (Phi) is 5.29. The fourth-order valence-corrected chi connectivity index (χ4v) is 1.42. The van der Waals surface area contributed by atoms with Crippen LogP contribution in [0.2, 0.25) is 0 Å². The third-order valence-electron chi connectivity index (χ3n) is 2.47. The number of carbonyl (C=O) groups is 1. The molecule has 1 unspecified atom stereocenters. The zero-order valence-electron chi connectivity index (χ0n) is 10.2. The van der Waals surface area contributed by atoms with E-state index in [2.05, 4.69) is 10.6 Å². The number of nitrogens with two attached hydrogens (primary N) is 1. The number of amides is 2. The number of rotatable bonds is 5. The number of para-hydroxylation sites is 2. The van der Waals surface area contributed by atoms with Gasteiger partial charge >= 0.3 is 6.03 Å². The van der Waals surface area contributed by atoms with Gasteiger partial charge in [0.05, 0.1) is 12.8 Å². The van der Waals surface area contributed by atoms with E-state index < -0.39 is 0 Å². The van der Waals surface area contributed by atoms with Crippen LogP contribution in [0, 0.1) is 0 Å². The first-order chi connectivity index (χ1) is 8.21. The first-order valence-corrected chi connectivity index (χ1v) is 5.61. The van der Waals surface area contributed by atoms with E-state index in [1.165, 1.54) is 0 Å². The van der Waals surface area contributed by atoms with Gasteiger partial charge in [-0.25, -0.2) is 4.79 Å². The van der Waals surface area contributed by atoms with E-state index in [-0.39, 0.29) is 12.1 Å². The fourth-order valence-electron chi connectivity index (χ4n) is 1.42. The van der Waals surface area contributed by atoms with Gasteiger partial charge in [0.1, 0.15) is 5.75 Å². The predicted molar refractivity (Wildman–Crippen MR) is 68.3 cm³/mol. The van der Waals surface area contributed by atoms with Crippen LogP contribution in [0.3, 0.4) is 0 Å². The van der Waals surface area contributed by atoms with Crippen molar-refractivity contribution in [2.45, 2.75) is 19.4 Å². The number of carbonyl (C=O) groups excluding carboxylic acids is 1. The molecule has 0 radical (unpaired) electrons. The summed E-state index contributed by atoms with van der Waals surface area (Å²) in [4.78, 5) is 11.7. The van der Waals surface area contributed by atoms with E-state index in [1.807, 2.05) is 19.1 Å². The fraction of sp³-hybridized carbons (Fsp3) is 0.417. The largest absolute Gasteiger partial charge is 0.495 e. The first kappa shape index (κ1) is 13.3. The standard InChI is InChI=1S/C12H19N3O2/c1-3-9(8-13)14-12(16)15-10-6-4-5-7-11(10)17-2/h4-7,9H,3,8,13H2,1-2H3,(H2,14,15,16). The van der Waals surface area contributed by atoms with E-state index in [1.54, 1.807) is 19.2 Å². The molecule has 0 aliphatic heterocycles. The second-order valence-electron chi connectivity index (χ2n) is 3.64. The summed E-state index contributed by atoms with van der Waals surface area (Å²) in [6.45, 7) is 2.40. The smallest absolute Gasteiger partial charge is 0.319 e. The van der Waals surface area contributed by atoms with Gasteiger partial charge in [0, 0.05) is 12.6 Å². The highest BCUT2D eigenvalue weighted by atomic mass is 16.5. The zero-order chi connectivity index (χ0) is 12.7. The molecule has 0 saturated carbocycles. The summed E-state index contributed by atoms with van der Waals surface area (Å²) < 4.78 is 5.14. The Balaban J connectivity index is 2.61. The number of ether oxygens (including phenoxy) is 1. The van der Waals surface area contributed by atoms with E-state index in [0.717, 1.165) is 6.42 Å². The van der Waals surface area contributed by atoms with Crippen molar-refractivity contribution < 1.29 is 9.53 Å². The molecule has 0 fully saturated rings. The molecule has 0 spiro atoms. The second-order valence-corrected chi connectivity index (χ2v) is 3.64. The van der Waals surface area contributed by atoms with Crippen molar-refractivity contribution in [3.63, 3.8) is 0 Å². The Morgan fingerprint density at radius 3 is 2.76 bits per heavy atom. The third-order valence-corrected chi connectivity index (χ3v) is 2.47. The molecule has 0 saturated heterocycles. The molecule has 5 heteroatoms. The lowest BCUT2D eigenvalue weighted by atomic mass is 10.2. The van der Waals surface area contributed by atoms with Crippen LogP contribution < -0.4 is 21.1 Å². The summed E-state index contributed by atoms with van der Waals surface area (Å²) in [5.41, 5.74) is 6.15. The number of benzene rings is 1. The van der Waals surface area contributed by atoms with Crippen LogP contribution in [-0.2, 0) is 0 Å². The molecule has 0 aliphatic carbocycles. The molecule has 17 heavy (non-hydrogen) atoms. The summed E-state index contributed by atoms with van der Waals surface area (Å²) in [7, 11) is 1.56. The molecule has 94 valence electrons. The van der Waals surface area contributed by atoms with Crippen molar-refractivity contribution >= 4 is 11.7 Å². The van der Waals surface area contributed by atoms with Crippen LogP contribution in [0.4, 0.5) is 10.5 Å². The molecule has 0 aliphatic rings. The molecule has 0 aromatic heterocycles. The minimum atomic E-state index is -0.271. The van der Waals surface area contributed by atoms with Gasteiger partial charge in [-0.15, -0.1) is 0 Å². The van der Waals surface area contributed by atoms with Gasteiger partial charge in [-0.1, -0.05) is 19.1 Å². The van der Waals surface area contributed by atoms with Crippen molar-refractivity contribution in [1.29, 1.82) is 0 Å². The molecular weight excluding hydrogens is 218 g/mol. The highest BCUT2D eigenvalue weighted by Crippen LogP contribution is 2.22. The second kappa shape index (κ2) is 6.75. The van der Waals surface area contributed by atoms with Gasteiger partial charge < -0.3 is 21.1 Å². The average molecular weight is 237 g/mol. The number of hydrogen-bond acceptors (Lipinski definition) is 3. The van der Waals surface area contributed by atoms with Crippen LogP contribution in [0.15, 0.2) is 24.3 Å². The summed E-state index contributed by atoms with van der Waals surface area (Å²) in [6.07, 6.45) is 0.801. The average Bonchev–Trinajstić information content (AvgIpc) is 2.36. The molecule has 5 nitrogen and oxygen atoms in total. The molecule has 0 bridgehead atoms. The SMILES string of the molecule is CCC(CN)NC(=O)Nc1ccccc1OC. The molecule has 1 aromatic rings. The lowest BCUT2D eigenvalue weighted by Crippen LogP contribution is -2.42. The summed E-state index contributed by atoms with van der Waals surface area (Å²) in [5.74, 6) is 0.628. The quantitative estimate of drug-likeness (QED) is 0.727. The van der Waals surface area contributed by atoms with Gasteiger partial charge in [-0.2, -0.15) is 0 Å². The molecular formula is C12H19N3O2. The Hall–Kier alpha value is -1.75. The Morgan fingerprint density at radius 1 is 1.47 bits per heavy atom. The lowest BCUT2D eigenvalue weighted by Gasteiger charge is -2.16. The summed E-state index contributed by atoms with van der Waals surface area (Å²) >= 11 is 0. The monoisotopic (exact) mass is 237 g/mol. The first-order valence-electron chi connectivity index (χ1n) is 5.61. The van der Waals surface area contributed by atoms with Crippen molar-refractivity contribution in [3.8, 4) is 5.75 Å². The van der Waals surface area contributed by atoms with E-state index in [0.29, 0.717) is 18.0 Å². The Morgan fingerprint density at radius 2 is 2.18 bits per heavy atom. The Labute approximate surface area is 101 Å².